The molecule has 0 bridgehead atoms. The molecule has 0 aliphatic carbocycles. The summed E-state index contributed by atoms with van der Waals surface area (Å²) in [5.41, 5.74) is 0.466. The molecule has 134 valence electrons. The van der Waals surface area contributed by atoms with Crippen LogP contribution in [-0.2, 0) is 14.3 Å². The highest BCUT2D eigenvalue weighted by Gasteiger charge is 2.23. The monoisotopic (exact) mass is 356 g/mol. The van der Waals surface area contributed by atoms with E-state index in [2.05, 4.69) is 5.32 Å². The normalized spacial score (nSPS) is 12.4. The maximum atomic E-state index is 13.5. The van der Waals surface area contributed by atoms with Crippen molar-refractivity contribution in [3.8, 4) is 11.8 Å². The fourth-order valence-electron chi connectivity index (χ4n) is 1.98. The van der Waals surface area contributed by atoms with E-state index in [9.17, 15) is 14.0 Å². The quantitative estimate of drug-likeness (QED) is 0.804. The van der Waals surface area contributed by atoms with Gasteiger partial charge in [0.1, 0.15) is 11.6 Å². The molecule has 0 aromatic heterocycles. The smallest absolute Gasteiger partial charge is 0.347 e. The molecule has 2 aromatic rings. The van der Waals surface area contributed by atoms with Gasteiger partial charge in [0.25, 0.3) is 5.91 Å². The molecule has 1 N–H and O–H groups in total. The number of carbonyl (C=O) groups excluding carboxylic acids is 2. The number of nitrogens with zero attached hydrogens (tertiary/aromatic N) is 1. The van der Waals surface area contributed by atoms with Crippen LogP contribution in [0.2, 0.25) is 0 Å². The molecule has 0 aliphatic rings. The van der Waals surface area contributed by atoms with Crippen molar-refractivity contribution in [1.29, 1.82) is 5.26 Å². The number of anilines is 1. The number of nitrogens with one attached hydrogen (secondary N) is 1. The first-order valence-electron chi connectivity index (χ1n) is 7.83. The van der Waals surface area contributed by atoms with E-state index in [1.165, 1.54) is 32.0 Å². The molecule has 26 heavy (non-hydrogen) atoms. The molecule has 0 saturated heterocycles. The molecule has 0 aliphatic heterocycles. The summed E-state index contributed by atoms with van der Waals surface area (Å²) in [4.78, 5) is 24.1. The number of halogens is 1. The number of para-hydroxylation sites is 1. The number of esters is 1. The van der Waals surface area contributed by atoms with Crippen molar-refractivity contribution in [2.75, 3.05) is 5.32 Å². The van der Waals surface area contributed by atoms with Gasteiger partial charge in [-0.1, -0.05) is 12.1 Å². The predicted octanol–water partition coefficient (Wildman–Crippen LogP) is 3.04. The summed E-state index contributed by atoms with van der Waals surface area (Å²) in [5, 5.41) is 11.1. The first-order chi connectivity index (χ1) is 12.4. The molecule has 0 spiro atoms. The Balaban J connectivity index is 1.89. The van der Waals surface area contributed by atoms with Crippen LogP contribution < -0.4 is 10.1 Å². The van der Waals surface area contributed by atoms with Crippen LogP contribution in [0.3, 0.4) is 0 Å². The van der Waals surface area contributed by atoms with E-state index in [0.717, 1.165) is 0 Å². The van der Waals surface area contributed by atoms with Crippen molar-refractivity contribution in [2.24, 2.45) is 0 Å². The van der Waals surface area contributed by atoms with Crippen molar-refractivity contribution in [3.05, 3.63) is 59.9 Å². The summed E-state index contributed by atoms with van der Waals surface area (Å²) in [6.45, 7) is 2.85. The zero-order chi connectivity index (χ0) is 19.1. The van der Waals surface area contributed by atoms with E-state index in [-0.39, 0.29) is 5.69 Å². The van der Waals surface area contributed by atoms with Gasteiger partial charge in [-0.05, 0) is 50.2 Å². The summed E-state index contributed by atoms with van der Waals surface area (Å²) >= 11 is 0. The molecule has 7 heteroatoms. The van der Waals surface area contributed by atoms with Gasteiger partial charge in [0.05, 0.1) is 17.3 Å². The molecule has 0 unspecified atom stereocenters. The third-order valence-corrected chi connectivity index (χ3v) is 3.42. The van der Waals surface area contributed by atoms with E-state index in [1.54, 1.807) is 30.3 Å². The molecule has 0 fully saturated rings. The van der Waals surface area contributed by atoms with Crippen molar-refractivity contribution in [1.82, 2.24) is 0 Å². The Morgan fingerprint density at radius 1 is 1.08 bits per heavy atom. The summed E-state index contributed by atoms with van der Waals surface area (Å²) in [7, 11) is 0. The van der Waals surface area contributed by atoms with Crippen LogP contribution in [0, 0.1) is 17.1 Å². The van der Waals surface area contributed by atoms with Crippen LogP contribution in [0.15, 0.2) is 48.5 Å². The average Bonchev–Trinajstić information content (AvgIpc) is 2.64. The Labute approximate surface area is 150 Å². The molecule has 1 amide bonds. The lowest BCUT2D eigenvalue weighted by atomic mass is 10.2. The van der Waals surface area contributed by atoms with Crippen LogP contribution in [0.1, 0.15) is 19.4 Å². The third-order valence-electron chi connectivity index (χ3n) is 3.42. The van der Waals surface area contributed by atoms with Gasteiger partial charge >= 0.3 is 5.97 Å². The summed E-state index contributed by atoms with van der Waals surface area (Å²) in [5.74, 6) is -1.60. The minimum Gasteiger partial charge on any atom is -0.479 e. The topological polar surface area (TPSA) is 88.4 Å². The first kappa shape index (κ1) is 18.9. The van der Waals surface area contributed by atoms with Crippen LogP contribution >= 0.6 is 0 Å². The van der Waals surface area contributed by atoms with Gasteiger partial charge in [0, 0.05) is 0 Å². The molecule has 2 atom stereocenters. The maximum absolute atomic E-state index is 13.5. The van der Waals surface area contributed by atoms with Gasteiger partial charge in [-0.3, -0.25) is 4.79 Å². The minimum atomic E-state index is -1.13. The lowest BCUT2D eigenvalue weighted by Gasteiger charge is -2.18. The average molecular weight is 356 g/mol. The molecular formula is C19H17FN2O4. The van der Waals surface area contributed by atoms with Gasteiger partial charge in [0.2, 0.25) is 0 Å². The SMILES string of the molecule is C[C@@H](OC(=O)[C@@H](C)Oc1ccc(C#N)cc1)C(=O)Nc1ccccc1F. The second-order valence-electron chi connectivity index (χ2n) is 5.44. The molecule has 2 aromatic carbocycles. The number of ether oxygens (including phenoxy) is 2. The molecule has 0 heterocycles. The Morgan fingerprint density at radius 3 is 2.35 bits per heavy atom. The second-order valence-corrected chi connectivity index (χ2v) is 5.44. The van der Waals surface area contributed by atoms with Gasteiger partial charge in [-0.15, -0.1) is 0 Å². The third kappa shape index (κ3) is 5.05. The summed E-state index contributed by atoms with van der Waals surface area (Å²) in [6.07, 6.45) is -2.10. The number of carbonyl (C=O) groups is 2. The largest absolute Gasteiger partial charge is 0.479 e. The number of hydrogen-bond acceptors (Lipinski definition) is 5. The Bertz CT molecular complexity index is 830. The first-order valence-corrected chi connectivity index (χ1v) is 7.83. The van der Waals surface area contributed by atoms with Crippen LogP contribution in [0.25, 0.3) is 0 Å². The van der Waals surface area contributed by atoms with E-state index in [1.807, 2.05) is 6.07 Å². The number of benzene rings is 2. The van der Waals surface area contributed by atoms with Crippen LogP contribution in [-0.4, -0.2) is 24.1 Å². The standard InChI is InChI=1S/C19H17FN2O4/c1-12(18(23)22-17-6-4-3-5-16(17)20)26-19(24)13(2)25-15-9-7-14(11-21)8-10-15/h3-10,12-13H,1-2H3,(H,22,23)/t12-,13-/m1/s1. The summed E-state index contributed by atoms with van der Waals surface area (Å²) in [6, 6.07) is 13.9. The lowest BCUT2D eigenvalue weighted by molar-refractivity contribution is -0.159. The fraction of sp³-hybridized carbons (Fsp3) is 0.211. The molecular weight excluding hydrogens is 339 g/mol. The number of nitriles is 1. The van der Waals surface area contributed by atoms with Gasteiger partial charge in [-0.2, -0.15) is 5.26 Å². The number of amides is 1. The van der Waals surface area contributed by atoms with Gasteiger partial charge in [0.15, 0.2) is 12.2 Å². The number of hydrogen-bond donors (Lipinski definition) is 1. The van der Waals surface area contributed by atoms with E-state index < -0.39 is 29.9 Å². The van der Waals surface area contributed by atoms with Crippen molar-refractivity contribution >= 4 is 17.6 Å². The molecule has 2 rings (SSSR count). The van der Waals surface area contributed by atoms with E-state index in [0.29, 0.717) is 11.3 Å². The second kappa shape index (κ2) is 8.62. The van der Waals surface area contributed by atoms with E-state index in [4.69, 9.17) is 14.7 Å². The van der Waals surface area contributed by atoms with Crippen LogP contribution in [0.5, 0.6) is 5.75 Å². The predicted molar refractivity (Wildman–Crippen MR) is 91.8 cm³/mol. The molecule has 0 saturated carbocycles. The highest BCUT2D eigenvalue weighted by molar-refractivity contribution is 5.95. The fourth-order valence-corrected chi connectivity index (χ4v) is 1.98. The summed E-state index contributed by atoms with van der Waals surface area (Å²) < 4.78 is 24.0. The Hall–Kier alpha value is -3.40. The lowest BCUT2D eigenvalue weighted by Crippen LogP contribution is -2.35. The zero-order valence-electron chi connectivity index (χ0n) is 14.2. The molecule has 0 radical (unpaired) electrons. The minimum absolute atomic E-state index is 0.00211. The van der Waals surface area contributed by atoms with Crippen molar-refractivity contribution in [3.63, 3.8) is 0 Å². The van der Waals surface area contributed by atoms with Crippen molar-refractivity contribution < 1.29 is 23.5 Å². The number of rotatable bonds is 6. The van der Waals surface area contributed by atoms with Crippen molar-refractivity contribution in [2.45, 2.75) is 26.1 Å². The Morgan fingerprint density at radius 2 is 1.73 bits per heavy atom. The highest BCUT2D eigenvalue weighted by Crippen LogP contribution is 2.15. The zero-order valence-corrected chi connectivity index (χ0v) is 14.2. The Kier molecular flexibility index (Phi) is 6.28. The van der Waals surface area contributed by atoms with Gasteiger partial charge in [-0.25, -0.2) is 9.18 Å². The van der Waals surface area contributed by atoms with Gasteiger partial charge < -0.3 is 14.8 Å². The maximum Gasteiger partial charge on any atom is 0.347 e. The van der Waals surface area contributed by atoms with E-state index >= 15 is 0 Å². The van der Waals surface area contributed by atoms with Crippen LogP contribution in [0.4, 0.5) is 10.1 Å². The molecule has 6 nitrogen and oxygen atoms in total. The highest BCUT2D eigenvalue weighted by atomic mass is 19.1.